The molecule has 0 saturated carbocycles. The summed E-state index contributed by atoms with van der Waals surface area (Å²) in [6.45, 7) is 21.1. The van der Waals surface area contributed by atoms with Crippen LogP contribution in [-0.4, -0.2) is 47.8 Å². The van der Waals surface area contributed by atoms with Crippen molar-refractivity contribution in [1.29, 1.82) is 0 Å². The van der Waals surface area contributed by atoms with Gasteiger partial charge in [-0.15, -0.1) is 0 Å². The van der Waals surface area contributed by atoms with Gasteiger partial charge in [0.2, 0.25) is 11.4 Å². The first-order valence-electron chi connectivity index (χ1n) is 31.2. The molecular weight excluding hydrogens is 1250 g/mol. The zero-order valence-corrected chi connectivity index (χ0v) is 55.6. The maximum atomic E-state index is 9.87. The summed E-state index contributed by atoms with van der Waals surface area (Å²) in [7, 11) is -16.7. The molecule has 12 rings (SSSR count). The van der Waals surface area contributed by atoms with E-state index < -0.39 is 15.6 Å². The fourth-order valence-electron chi connectivity index (χ4n) is 14.9. The van der Waals surface area contributed by atoms with E-state index in [1.165, 1.54) is 112 Å². The van der Waals surface area contributed by atoms with Crippen molar-refractivity contribution in [3.63, 3.8) is 0 Å². The minimum atomic E-state index is -10.7. The molecule has 93 heavy (non-hydrogen) atoms. The summed E-state index contributed by atoms with van der Waals surface area (Å²) in [5.74, 6) is 0. The van der Waals surface area contributed by atoms with E-state index >= 15 is 0 Å². The summed E-state index contributed by atoms with van der Waals surface area (Å²) in [5.41, 5.74) is 20.8. The molecule has 2 unspecified atom stereocenters. The second kappa shape index (κ2) is 23.0. The number of anilines is 2. The van der Waals surface area contributed by atoms with Crippen LogP contribution in [0.5, 0.6) is 0 Å². The van der Waals surface area contributed by atoms with Gasteiger partial charge >= 0.3 is 66.0 Å². The molecule has 0 radical (unpaired) electrons. The van der Waals surface area contributed by atoms with Crippen LogP contribution in [0, 0.1) is 0 Å². The van der Waals surface area contributed by atoms with Crippen molar-refractivity contribution < 1.29 is 59.5 Å². The van der Waals surface area contributed by atoms with Crippen LogP contribution < -0.4 is 9.80 Å². The third-order valence-corrected chi connectivity index (χ3v) is 18.6. The third kappa shape index (κ3) is 14.8. The van der Waals surface area contributed by atoms with Gasteiger partial charge in [0.05, 0.1) is 10.8 Å². The van der Waals surface area contributed by atoms with Crippen molar-refractivity contribution in [1.82, 2.24) is 0 Å². The van der Waals surface area contributed by atoms with Gasteiger partial charge in [0.15, 0.2) is 11.4 Å². The topological polar surface area (TPSA) is 12.5 Å². The molecule has 0 amide bonds. The first-order valence-corrected chi connectivity index (χ1v) is 35.2. The van der Waals surface area contributed by atoms with Gasteiger partial charge in [0.25, 0.3) is 0 Å². The Hall–Kier alpha value is -7.80. The molecule has 4 nitrogen and oxygen atoms in total. The normalized spacial score (nSPS) is 21.3. The molecule has 0 spiro atoms. The SMILES string of the molecule is CCC[N+]1=C(C=CC=C2N(C)c3cc(Cc4cc5c(c6ccccc46)C(C)(Cc4ccccc4)C(=CC=CC4=[N+](CCC)c6ccccc6C4(C)C)N5C)c4ccccc4c3C2(C)Cc2ccccc2)C(C)(C)c2ccccc21.F[P-](F)(F)(F)(F)F.F[P-](F)(F)(F)(F)F. The number of para-hydroxylation sites is 2. The second-order valence-electron chi connectivity index (χ2n) is 26.3. The zero-order valence-electron chi connectivity index (χ0n) is 53.8. The van der Waals surface area contributed by atoms with Crippen molar-refractivity contribution in [3.05, 3.63) is 262 Å². The van der Waals surface area contributed by atoms with Crippen LogP contribution in [0.15, 0.2) is 218 Å². The van der Waals surface area contributed by atoms with Gasteiger partial charge in [-0.3, -0.25) is 0 Å². The van der Waals surface area contributed by atoms with Gasteiger partial charge in [-0.25, -0.2) is 0 Å². The van der Waals surface area contributed by atoms with Gasteiger partial charge in [0, 0.05) is 95.9 Å². The number of likely N-dealkylation sites (N-methyl/N-ethyl adjacent to an activating group) is 2. The van der Waals surface area contributed by atoms with Crippen molar-refractivity contribution in [3.8, 4) is 0 Å². The van der Waals surface area contributed by atoms with Crippen LogP contribution in [0.1, 0.15) is 113 Å². The van der Waals surface area contributed by atoms with Crippen LogP contribution in [0.3, 0.4) is 0 Å². The van der Waals surface area contributed by atoms with E-state index in [0.717, 1.165) is 45.2 Å². The van der Waals surface area contributed by atoms with Crippen LogP contribution >= 0.6 is 15.6 Å². The van der Waals surface area contributed by atoms with Gasteiger partial charge in [-0.2, -0.15) is 9.15 Å². The molecular formula is C75H78F12N4P2. The van der Waals surface area contributed by atoms with Crippen LogP contribution in [0.25, 0.3) is 21.5 Å². The maximum absolute atomic E-state index is 10.7. The van der Waals surface area contributed by atoms with Crippen molar-refractivity contribution in [2.45, 2.75) is 109 Å². The number of rotatable bonds is 14. The van der Waals surface area contributed by atoms with E-state index in [1.54, 1.807) is 0 Å². The number of halogens is 12. The van der Waals surface area contributed by atoms with Crippen molar-refractivity contribution in [2.24, 2.45) is 0 Å². The summed E-state index contributed by atoms with van der Waals surface area (Å²) >= 11 is 0. The van der Waals surface area contributed by atoms with Crippen LogP contribution in [-0.2, 0) is 40.9 Å². The number of nitrogens with zero attached hydrogens (tertiary/aromatic N) is 4. The molecule has 18 heteroatoms. The molecule has 492 valence electrons. The van der Waals surface area contributed by atoms with Gasteiger partial charge in [-0.05, 0) is 140 Å². The Balaban J connectivity index is 0.000000609. The Kier molecular flexibility index (Phi) is 16.8. The van der Waals surface area contributed by atoms with E-state index in [-0.39, 0.29) is 21.7 Å². The molecule has 0 bridgehead atoms. The molecule has 4 aliphatic heterocycles. The molecule has 0 aromatic heterocycles. The van der Waals surface area contributed by atoms with Gasteiger partial charge < -0.3 is 9.80 Å². The summed E-state index contributed by atoms with van der Waals surface area (Å²) in [4.78, 5) is 5.03. The van der Waals surface area contributed by atoms with Gasteiger partial charge in [-0.1, -0.05) is 172 Å². The number of allylic oxidation sites excluding steroid dienone is 8. The summed E-state index contributed by atoms with van der Waals surface area (Å²) in [6.07, 6.45) is 19.1. The first-order chi connectivity index (χ1) is 43.1. The quantitative estimate of drug-likeness (QED) is 0.0611. The predicted molar refractivity (Wildman–Crippen MR) is 363 cm³/mol. The molecule has 4 heterocycles. The van der Waals surface area contributed by atoms with E-state index in [4.69, 9.17) is 0 Å². The molecule has 0 saturated heterocycles. The molecule has 8 aromatic carbocycles. The standard InChI is InChI=1S/C75H78N4.2F6P/c1-11-45-78-62-39-25-23-37-60(62)72(3,4)66(78)41-27-43-68-74(7,50-52-29-15-13-16-30-52)70-58-35-21-19-33-56(58)54(48-64(70)76(68)9)47-55-49-65-71(59-36-22-20-34-57(55)59)75(8,51-53-31-17-14-18-32-53)69(77(65)10)44-28-42-67-73(5,6)61-38-24-26-40-63(61)79(67)46-12-2;2*1-7(2,3,4,5)6/h13-44,48-49H,11-12,45-47,50-51H2,1-10H3;;/q+2;2*-1. The third-order valence-electron chi connectivity index (χ3n) is 18.6. The number of hydrogen-bond acceptors (Lipinski definition) is 2. The fraction of sp³-hybridized carbons (Fsp3) is 0.280. The number of benzene rings is 8. The van der Waals surface area contributed by atoms with E-state index in [0.29, 0.717) is 0 Å². The minimum absolute atomic E-state index is 0.105. The van der Waals surface area contributed by atoms with Gasteiger partial charge in [0.1, 0.15) is 13.1 Å². The molecule has 4 aliphatic rings. The first kappa shape index (κ1) is 68.1. The number of fused-ring (bicyclic) bond motifs is 8. The zero-order chi connectivity index (χ0) is 67.7. The molecule has 8 aromatic rings. The van der Waals surface area contributed by atoms with Crippen molar-refractivity contribution >= 4 is 71.3 Å². The Bertz CT molecular complexity index is 4130. The van der Waals surface area contributed by atoms with E-state index in [2.05, 4.69) is 295 Å². The van der Waals surface area contributed by atoms with E-state index in [9.17, 15) is 50.4 Å². The average Bonchev–Trinajstić information content (AvgIpc) is 1.58. The molecule has 0 fully saturated rings. The van der Waals surface area contributed by atoms with Crippen molar-refractivity contribution in [2.75, 3.05) is 37.0 Å². The van der Waals surface area contributed by atoms with Crippen LogP contribution in [0.2, 0.25) is 0 Å². The van der Waals surface area contributed by atoms with E-state index in [1.807, 2.05) is 0 Å². The van der Waals surface area contributed by atoms with Crippen LogP contribution in [0.4, 0.5) is 73.1 Å². The molecule has 2 atom stereocenters. The molecule has 0 aliphatic carbocycles. The number of hydrogen-bond donors (Lipinski definition) is 0. The Morgan fingerprint density at radius 2 is 0.710 bits per heavy atom. The predicted octanol–water partition coefficient (Wildman–Crippen LogP) is 24.1. The Morgan fingerprint density at radius 1 is 0.409 bits per heavy atom. The Labute approximate surface area is 536 Å². The molecule has 0 N–H and O–H groups in total. The Morgan fingerprint density at radius 3 is 1.04 bits per heavy atom. The average molecular weight is 1330 g/mol. The fourth-order valence-corrected chi connectivity index (χ4v) is 14.9. The summed E-state index contributed by atoms with van der Waals surface area (Å²) < 4.78 is 123. The summed E-state index contributed by atoms with van der Waals surface area (Å²) in [5, 5.41) is 5.32. The summed E-state index contributed by atoms with van der Waals surface area (Å²) in [6, 6.07) is 63.8. The second-order valence-corrected chi connectivity index (χ2v) is 30.2. The monoisotopic (exact) mass is 1320 g/mol.